The molecule has 0 aromatic carbocycles. The van der Waals surface area contributed by atoms with Crippen molar-refractivity contribution in [1.29, 1.82) is 0 Å². The molecule has 2 rings (SSSR count). The van der Waals surface area contributed by atoms with Crippen molar-refractivity contribution in [2.45, 2.75) is 13.8 Å². The first-order valence-electron chi connectivity index (χ1n) is 4.98. The van der Waals surface area contributed by atoms with Gasteiger partial charge in [-0.1, -0.05) is 11.3 Å². The maximum atomic E-state index is 11.6. The van der Waals surface area contributed by atoms with E-state index in [0.29, 0.717) is 5.13 Å². The van der Waals surface area contributed by atoms with E-state index in [9.17, 15) is 4.79 Å². The van der Waals surface area contributed by atoms with Crippen molar-refractivity contribution in [3.05, 3.63) is 33.0 Å². The van der Waals surface area contributed by atoms with Gasteiger partial charge in [0.15, 0.2) is 0 Å². The van der Waals surface area contributed by atoms with Crippen molar-refractivity contribution in [3.8, 4) is 0 Å². The molecule has 0 fully saturated rings. The number of anilines is 1. The highest BCUT2D eigenvalue weighted by atomic mass is 32.1. The Balaban J connectivity index is 1.98. The number of nitrogens with zero attached hydrogens (tertiary/aromatic N) is 2. The van der Waals surface area contributed by atoms with Gasteiger partial charge in [0.2, 0.25) is 11.0 Å². The molecule has 0 spiro atoms. The van der Waals surface area contributed by atoms with Gasteiger partial charge in [0.1, 0.15) is 5.01 Å². The van der Waals surface area contributed by atoms with Crippen molar-refractivity contribution < 1.29 is 4.79 Å². The molecule has 0 saturated heterocycles. The fraction of sp³-hybridized carbons (Fsp3) is 0.182. The number of nitrogens with one attached hydrogen (secondary N) is 1. The van der Waals surface area contributed by atoms with Gasteiger partial charge >= 0.3 is 0 Å². The number of carbonyl (C=O) groups is 1. The fourth-order valence-corrected chi connectivity index (χ4v) is 2.61. The topological polar surface area (TPSA) is 54.9 Å². The van der Waals surface area contributed by atoms with E-state index in [2.05, 4.69) is 15.5 Å². The second-order valence-electron chi connectivity index (χ2n) is 3.42. The third-order valence-corrected chi connectivity index (χ3v) is 3.78. The second kappa shape index (κ2) is 5.20. The minimum Gasteiger partial charge on any atom is -0.297 e. The standard InChI is InChI=1S/C11H11N3OS2/c1-7-5-6-16-9(7)3-4-10(15)12-11-14-13-8(2)17-11/h3-6H,1-2H3,(H,12,14,15)/b4-3+. The van der Waals surface area contributed by atoms with E-state index in [1.807, 2.05) is 31.4 Å². The molecule has 0 unspecified atom stereocenters. The average molecular weight is 265 g/mol. The highest BCUT2D eigenvalue weighted by Crippen LogP contribution is 2.17. The predicted molar refractivity (Wildman–Crippen MR) is 71.4 cm³/mol. The molecule has 2 aromatic rings. The summed E-state index contributed by atoms with van der Waals surface area (Å²) in [6.45, 7) is 3.86. The zero-order valence-corrected chi connectivity index (χ0v) is 11.1. The van der Waals surface area contributed by atoms with Gasteiger partial charge < -0.3 is 0 Å². The first-order valence-corrected chi connectivity index (χ1v) is 6.68. The molecule has 0 aliphatic carbocycles. The highest BCUT2D eigenvalue weighted by Gasteiger charge is 2.03. The summed E-state index contributed by atoms with van der Waals surface area (Å²) < 4.78 is 0. The number of thiophene rings is 1. The Morgan fingerprint density at radius 3 is 2.82 bits per heavy atom. The fourth-order valence-electron chi connectivity index (χ4n) is 1.20. The average Bonchev–Trinajstić information content (AvgIpc) is 2.85. The summed E-state index contributed by atoms with van der Waals surface area (Å²) in [6, 6.07) is 2.02. The molecule has 1 amide bonds. The first-order chi connectivity index (χ1) is 8.15. The van der Waals surface area contributed by atoms with Gasteiger partial charge in [0.05, 0.1) is 0 Å². The van der Waals surface area contributed by atoms with Crippen LogP contribution in [-0.4, -0.2) is 16.1 Å². The Morgan fingerprint density at radius 1 is 1.41 bits per heavy atom. The highest BCUT2D eigenvalue weighted by molar-refractivity contribution is 7.15. The Morgan fingerprint density at radius 2 is 2.24 bits per heavy atom. The van der Waals surface area contributed by atoms with Crippen LogP contribution in [0, 0.1) is 13.8 Å². The van der Waals surface area contributed by atoms with Gasteiger partial charge in [-0.25, -0.2) is 0 Å². The monoisotopic (exact) mass is 265 g/mol. The molecule has 0 aliphatic rings. The lowest BCUT2D eigenvalue weighted by Gasteiger charge is -1.94. The maximum Gasteiger partial charge on any atom is 0.250 e. The lowest BCUT2D eigenvalue weighted by molar-refractivity contribution is -0.111. The van der Waals surface area contributed by atoms with Crippen LogP contribution in [0.15, 0.2) is 17.5 Å². The number of aryl methyl sites for hydroxylation is 2. The molecular weight excluding hydrogens is 254 g/mol. The molecule has 88 valence electrons. The van der Waals surface area contributed by atoms with E-state index < -0.39 is 0 Å². The number of hydrogen-bond acceptors (Lipinski definition) is 5. The summed E-state index contributed by atoms with van der Waals surface area (Å²) in [6.07, 6.45) is 3.32. The predicted octanol–water partition coefficient (Wildman–Crippen LogP) is 2.87. The van der Waals surface area contributed by atoms with E-state index in [-0.39, 0.29) is 5.91 Å². The quantitative estimate of drug-likeness (QED) is 0.868. The van der Waals surface area contributed by atoms with Crippen LogP contribution in [0.2, 0.25) is 0 Å². The van der Waals surface area contributed by atoms with Gasteiger partial charge in [0.25, 0.3) is 0 Å². The van der Waals surface area contributed by atoms with Gasteiger partial charge in [-0.3, -0.25) is 10.1 Å². The summed E-state index contributed by atoms with van der Waals surface area (Å²) in [5.74, 6) is -0.186. The minimum atomic E-state index is -0.186. The molecule has 6 heteroatoms. The zero-order valence-electron chi connectivity index (χ0n) is 9.43. The van der Waals surface area contributed by atoms with E-state index in [4.69, 9.17) is 0 Å². The van der Waals surface area contributed by atoms with Crippen LogP contribution < -0.4 is 5.32 Å². The molecule has 0 aliphatic heterocycles. The number of aromatic nitrogens is 2. The van der Waals surface area contributed by atoms with E-state index >= 15 is 0 Å². The smallest absolute Gasteiger partial charge is 0.250 e. The lowest BCUT2D eigenvalue weighted by Crippen LogP contribution is -2.07. The van der Waals surface area contributed by atoms with Crippen LogP contribution in [-0.2, 0) is 4.79 Å². The van der Waals surface area contributed by atoms with Crippen molar-refractivity contribution in [3.63, 3.8) is 0 Å². The minimum absolute atomic E-state index is 0.186. The van der Waals surface area contributed by atoms with E-state index in [1.54, 1.807) is 11.3 Å². The van der Waals surface area contributed by atoms with Crippen LogP contribution in [0.4, 0.5) is 5.13 Å². The summed E-state index contributed by atoms with van der Waals surface area (Å²) in [4.78, 5) is 12.7. The van der Waals surface area contributed by atoms with Gasteiger partial charge in [-0.15, -0.1) is 21.5 Å². The summed E-state index contributed by atoms with van der Waals surface area (Å²) in [5, 5.41) is 13.7. The van der Waals surface area contributed by atoms with Gasteiger partial charge in [-0.2, -0.15) is 0 Å². The maximum absolute atomic E-state index is 11.6. The van der Waals surface area contributed by atoms with Crippen molar-refractivity contribution >= 4 is 39.8 Å². The first kappa shape index (κ1) is 11.9. The summed E-state index contributed by atoms with van der Waals surface area (Å²) in [5.41, 5.74) is 1.17. The molecule has 0 atom stereocenters. The largest absolute Gasteiger partial charge is 0.297 e. The Kier molecular flexibility index (Phi) is 3.65. The van der Waals surface area contributed by atoms with Crippen LogP contribution >= 0.6 is 22.7 Å². The van der Waals surface area contributed by atoms with Crippen LogP contribution in [0.3, 0.4) is 0 Å². The normalized spacial score (nSPS) is 10.9. The van der Waals surface area contributed by atoms with Gasteiger partial charge in [0, 0.05) is 11.0 Å². The third kappa shape index (κ3) is 3.21. The van der Waals surface area contributed by atoms with Crippen LogP contribution in [0.25, 0.3) is 6.08 Å². The van der Waals surface area contributed by atoms with Gasteiger partial charge in [-0.05, 0) is 36.9 Å². The van der Waals surface area contributed by atoms with Crippen molar-refractivity contribution in [2.75, 3.05) is 5.32 Å². The Labute approximate surface area is 107 Å². The molecule has 2 heterocycles. The molecule has 1 N–H and O–H groups in total. The molecule has 17 heavy (non-hydrogen) atoms. The lowest BCUT2D eigenvalue weighted by atomic mass is 10.3. The van der Waals surface area contributed by atoms with Crippen LogP contribution in [0.5, 0.6) is 0 Å². The Bertz CT molecular complexity index is 557. The number of carbonyl (C=O) groups excluding carboxylic acids is 1. The molecule has 4 nitrogen and oxygen atoms in total. The molecule has 2 aromatic heterocycles. The second-order valence-corrected chi connectivity index (χ2v) is 5.55. The molecular formula is C11H11N3OS2. The number of hydrogen-bond donors (Lipinski definition) is 1. The number of rotatable bonds is 3. The summed E-state index contributed by atoms with van der Waals surface area (Å²) in [7, 11) is 0. The number of amides is 1. The van der Waals surface area contributed by atoms with E-state index in [0.717, 1.165) is 9.88 Å². The van der Waals surface area contributed by atoms with E-state index in [1.165, 1.54) is 23.0 Å². The molecule has 0 saturated carbocycles. The summed E-state index contributed by atoms with van der Waals surface area (Å²) >= 11 is 2.97. The third-order valence-electron chi connectivity index (χ3n) is 2.04. The van der Waals surface area contributed by atoms with Crippen molar-refractivity contribution in [1.82, 2.24) is 10.2 Å². The molecule has 0 radical (unpaired) electrons. The Hall–Kier alpha value is -1.53. The SMILES string of the molecule is Cc1nnc(NC(=O)/C=C/c2sccc2C)s1. The van der Waals surface area contributed by atoms with Crippen molar-refractivity contribution in [2.24, 2.45) is 0 Å². The van der Waals surface area contributed by atoms with Crippen LogP contribution in [0.1, 0.15) is 15.4 Å². The molecule has 0 bridgehead atoms. The zero-order chi connectivity index (χ0) is 12.3.